The molecule has 0 bridgehead atoms. The molecule has 1 aliphatic rings. The van der Waals surface area contributed by atoms with E-state index < -0.39 is 5.82 Å². The largest absolute Gasteiger partial charge is 0.484 e. The average Bonchev–Trinajstić information content (AvgIpc) is 2.76. The molecular formula is C13H8BrFO2S. The van der Waals surface area contributed by atoms with Crippen molar-refractivity contribution < 1.29 is 13.9 Å². The van der Waals surface area contributed by atoms with Crippen molar-refractivity contribution in [3.8, 4) is 5.75 Å². The molecule has 0 saturated carbocycles. The third-order valence-electron chi connectivity index (χ3n) is 2.82. The molecule has 0 radical (unpaired) electrons. The third kappa shape index (κ3) is 1.97. The van der Waals surface area contributed by atoms with Gasteiger partial charge in [0.15, 0.2) is 5.78 Å². The molecule has 0 aliphatic carbocycles. The summed E-state index contributed by atoms with van der Waals surface area (Å²) in [6.07, 6.45) is -0.0416. The number of Topliss-reactive ketones (excluding diaryl/α,β-unsaturated/α-hetero) is 1. The van der Waals surface area contributed by atoms with Crippen LogP contribution in [0.5, 0.6) is 5.75 Å². The fourth-order valence-electron chi connectivity index (χ4n) is 1.98. The minimum absolute atomic E-state index is 0.0824. The first-order valence-corrected chi connectivity index (χ1v) is 7.04. The molecule has 18 heavy (non-hydrogen) atoms. The van der Waals surface area contributed by atoms with Crippen LogP contribution in [0, 0.1) is 5.82 Å². The number of ether oxygens (including phenoxy) is 1. The second-order valence-electron chi connectivity index (χ2n) is 4.01. The molecule has 1 aromatic carbocycles. The van der Waals surface area contributed by atoms with Gasteiger partial charge in [0.05, 0.1) is 16.9 Å². The minimum atomic E-state index is -0.415. The van der Waals surface area contributed by atoms with Gasteiger partial charge in [-0.15, -0.1) is 11.3 Å². The molecule has 0 fully saturated rings. The fourth-order valence-corrected chi connectivity index (χ4v) is 3.63. The smallest absolute Gasteiger partial charge is 0.170 e. The van der Waals surface area contributed by atoms with Crippen LogP contribution in [0.4, 0.5) is 4.39 Å². The summed E-state index contributed by atoms with van der Waals surface area (Å²) in [7, 11) is 0. The standard InChI is InChI=1S/C13H8BrFO2S/c14-9-3-4-18-13(9)12-6-10(16)8-5-7(15)1-2-11(8)17-12/h1-5,12H,6H2. The zero-order chi connectivity index (χ0) is 12.7. The SMILES string of the molecule is O=C1CC(c2sccc2Br)Oc2ccc(F)cc21. The maximum atomic E-state index is 13.1. The molecule has 92 valence electrons. The molecule has 1 aromatic heterocycles. The van der Waals surface area contributed by atoms with Crippen molar-refractivity contribution in [2.45, 2.75) is 12.5 Å². The van der Waals surface area contributed by atoms with E-state index in [4.69, 9.17) is 4.74 Å². The highest BCUT2D eigenvalue weighted by atomic mass is 79.9. The summed E-state index contributed by atoms with van der Waals surface area (Å²) in [5.74, 6) is -0.0412. The quantitative estimate of drug-likeness (QED) is 0.778. The Kier molecular flexibility index (Phi) is 2.95. The van der Waals surface area contributed by atoms with Crippen LogP contribution in [0.25, 0.3) is 0 Å². The first kappa shape index (κ1) is 11.9. The predicted molar refractivity (Wildman–Crippen MR) is 70.7 cm³/mol. The van der Waals surface area contributed by atoms with Crippen LogP contribution in [0.1, 0.15) is 27.8 Å². The van der Waals surface area contributed by atoms with Gasteiger partial charge in [-0.1, -0.05) is 0 Å². The molecule has 0 spiro atoms. The zero-order valence-electron chi connectivity index (χ0n) is 9.15. The lowest BCUT2D eigenvalue weighted by molar-refractivity contribution is 0.0852. The molecule has 1 aliphatic heterocycles. The van der Waals surface area contributed by atoms with Crippen LogP contribution >= 0.6 is 27.3 Å². The van der Waals surface area contributed by atoms with Gasteiger partial charge in [0, 0.05) is 4.47 Å². The molecule has 3 rings (SSSR count). The molecule has 2 aromatic rings. The number of ketones is 1. The monoisotopic (exact) mass is 326 g/mol. The van der Waals surface area contributed by atoms with Gasteiger partial charge in [-0.05, 0) is 45.6 Å². The molecule has 2 heterocycles. The van der Waals surface area contributed by atoms with Gasteiger partial charge < -0.3 is 4.74 Å². The van der Waals surface area contributed by atoms with Gasteiger partial charge >= 0.3 is 0 Å². The highest BCUT2D eigenvalue weighted by molar-refractivity contribution is 9.10. The Balaban J connectivity index is 2.00. The van der Waals surface area contributed by atoms with E-state index in [0.29, 0.717) is 11.3 Å². The summed E-state index contributed by atoms with van der Waals surface area (Å²) in [6.45, 7) is 0. The van der Waals surface area contributed by atoms with Crippen LogP contribution < -0.4 is 4.74 Å². The second-order valence-corrected chi connectivity index (χ2v) is 5.81. The Morgan fingerprint density at radius 3 is 2.94 bits per heavy atom. The predicted octanol–water partition coefficient (Wildman–Crippen LogP) is 4.36. The number of hydrogen-bond donors (Lipinski definition) is 0. The summed E-state index contributed by atoms with van der Waals surface area (Å²) in [5.41, 5.74) is 0.332. The fraction of sp³-hybridized carbons (Fsp3) is 0.154. The van der Waals surface area contributed by atoms with Crippen LogP contribution in [-0.4, -0.2) is 5.78 Å². The van der Waals surface area contributed by atoms with E-state index in [-0.39, 0.29) is 18.3 Å². The van der Waals surface area contributed by atoms with E-state index in [1.54, 1.807) is 0 Å². The van der Waals surface area contributed by atoms with Crippen LogP contribution in [0.3, 0.4) is 0 Å². The zero-order valence-corrected chi connectivity index (χ0v) is 11.6. The number of carbonyl (C=O) groups excluding carboxylic acids is 1. The molecule has 5 heteroatoms. The average molecular weight is 327 g/mol. The molecule has 2 nitrogen and oxygen atoms in total. The van der Waals surface area contributed by atoms with E-state index in [9.17, 15) is 9.18 Å². The van der Waals surface area contributed by atoms with E-state index in [1.165, 1.54) is 29.5 Å². The lowest BCUT2D eigenvalue weighted by atomic mass is 10.00. The molecule has 0 saturated heterocycles. The Hall–Kier alpha value is -1.20. The van der Waals surface area contributed by atoms with Gasteiger partial charge in [-0.25, -0.2) is 4.39 Å². The summed E-state index contributed by atoms with van der Waals surface area (Å²) < 4.78 is 19.8. The van der Waals surface area contributed by atoms with Crippen LogP contribution in [-0.2, 0) is 0 Å². The first-order chi connectivity index (χ1) is 8.65. The Morgan fingerprint density at radius 1 is 1.39 bits per heavy atom. The van der Waals surface area contributed by atoms with E-state index >= 15 is 0 Å². The maximum absolute atomic E-state index is 13.1. The van der Waals surface area contributed by atoms with Crippen molar-refractivity contribution in [3.63, 3.8) is 0 Å². The highest BCUT2D eigenvalue weighted by Gasteiger charge is 2.29. The van der Waals surface area contributed by atoms with Gasteiger partial charge in [0.1, 0.15) is 17.7 Å². The van der Waals surface area contributed by atoms with Crippen LogP contribution in [0.15, 0.2) is 34.1 Å². The maximum Gasteiger partial charge on any atom is 0.170 e. The van der Waals surface area contributed by atoms with E-state index in [0.717, 1.165) is 9.35 Å². The molecule has 0 N–H and O–H groups in total. The lowest BCUT2D eigenvalue weighted by Gasteiger charge is -2.24. The van der Waals surface area contributed by atoms with Crippen molar-refractivity contribution in [3.05, 3.63) is 50.4 Å². The van der Waals surface area contributed by atoms with Gasteiger partial charge in [-0.2, -0.15) is 0 Å². The number of thiophene rings is 1. The summed E-state index contributed by atoms with van der Waals surface area (Å²) in [5, 5.41) is 1.94. The van der Waals surface area contributed by atoms with Gasteiger partial charge in [-0.3, -0.25) is 4.79 Å². The normalized spacial score (nSPS) is 18.3. The molecule has 1 atom stereocenters. The third-order valence-corrected chi connectivity index (χ3v) is 4.78. The number of carbonyl (C=O) groups is 1. The lowest BCUT2D eigenvalue weighted by Crippen LogP contribution is -2.20. The first-order valence-electron chi connectivity index (χ1n) is 5.37. The number of rotatable bonds is 1. The van der Waals surface area contributed by atoms with Crippen LogP contribution in [0.2, 0.25) is 0 Å². The van der Waals surface area contributed by atoms with Crippen molar-refractivity contribution >= 4 is 33.0 Å². The Bertz CT molecular complexity index is 623. The minimum Gasteiger partial charge on any atom is -0.484 e. The van der Waals surface area contributed by atoms with Gasteiger partial charge in [0.25, 0.3) is 0 Å². The van der Waals surface area contributed by atoms with Crippen molar-refractivity contribution in [2.24, 2.45) is 0 Å². The Morgan fingerprint density at radius 2 is 2.22 bits per heavy atom. The summed E-state index contributed by atoms with van der Waals surface area (Å²) >= 11 is 4.97. The van der Waals surface area contributed by atoms with Gasteiger partial charge in [0.2, 0.25) is 0 Å². The second kappa shape index (κ2) is 4.48. The van der Waals surface area contributed by atoms with E-state index in [1.807, 2.05) is 11.4 Å². The molecular weight excluding hydrogens is 319 g/mol. The number of fused-ring (bicyclic) bond motifs is 1. The number of benzene rings is 1. The number of hydrogen-bond acceptors (Lipinski definition) is 3. The van der Waals surface area contributed by atoms with Crippen molar-refractivity contribution in [1.29, 1.82) is 0 Å². The number of halogens is 2. The molecule has 1 unspecified atom stereocenters. The summed E-state index contributed by atoms with van der Waals surface area (Å²) in [6, 6.07) is 5.97. The molecule has 0 amide bonds. The highest BCUT2D eigenvalue weighted by Crippen LogP contribution is 2.39. The topological polar surface area (TPSA) is 26.3 Å². The summed E-state index contributed by atoms with van der Waals surface area (Å²) in [4.78, 5) is 13.0. The van der Waals surface area contributed by atoms with Crippen molar-refractivity contribution in [1.82, 2.24) is 0 Å². The van der Waals surface area contributed by atoms with Crippen molar-refractivity contribution in [2.75, 3.05) is 0 Å². The van der Waals surface area contributed by atoms with E-state index in [2.05, 4.69) is 15.9 Å². The Labute approximate surface area is 116 Å².